The van der Waals surface area contributed by atoms with Crippen LogP contribution in [0.3, 0.4) is 0 Å². The topological polar surface area (TPSA) is 65.6 Å². The number of cyclic esters (lactones) is 1. The molecule has 0 aromatic carbocycles. The molecule has 3 heterocycles. The van der Waals surface area contributed by atoms with Crippen LogP contribution in [0.25, 0.3) is 0 Å². The Morgan fingerprint density at radius 2 is 1.65 bits per heavy atom. The van der Waals surface area contributed by atoms with Gasteiger partial charge in [-0.3, -0.25) is 9.69 Å². The van der Waals surface area contributed by atoms with E-state index < -0.39 is 0 Å². The minimum atomic E-state index is -0.141. The van der Waals surface area contributed by atoms with E-state index in [1.165, 1.54) is 65.1 Å². The van der Waals surface area contributed by atoms with E-state index in [1.54, 1.807) is 0 Å². The van der Waals surface area contributed by atoms with Crippen molar-refractivity contribution in [3.8, 4) is 0 Å². The van der Waals surface area contributed by atoms with Crippen molar-refractivity contribution in [1.82, 2.24) is 19.6 Å². The van der Waals surface area contributed by atoms with Gasteiger partial charge in [0, 0.05) is 45.2 Å². The number of methoxy groups -OCH3 is 1. The van der Waals surface area contributed by atoms with E-state index in [0.29, 0.717) is 6.42 Å². The van der Waals surface area contributed by atoms with Crippen LogP contribution in [-0.4, -0.2) is 109 Å². The number of carbonyl (C=O) groups is 2. The average molecular weight is 479 g/mol. The summed E-state index contributed by atoms with van der Waals surface area (Å²) in [7, 11) is 1.44. The lowest BCUT2D eigenvalue weighted by Crippen LogP contribution is -2.53. The Bertz CT molecular complexity index is 655. The predicted molar refractivity (Wildman–Crippen MR) is 131 cm³/mol. The van der Waals surface area contributed by atoms with Gasteiger partial charge in [0.1, 0.15) is 0 Å². The normalized spacial score (nSPS) is 28.9. The van der Waals surface area contributed by atoms with Gasteiger partial charge in [-0.1, -0.05) is 19.3 Å². The van der Waals surface area contributed by atoms with Crippen LogP contribution < -0.4 is 0 Å². The number of hydrogen-bond donors (Lipinski definition) is 0. The van der Waals surface area contributed by atoms with Gasteiger partial charge in [0.25, 0.3) is 0 Å². The molecule has 3 saturated heterocycles. The highest BCUT2D eigenvalue weighted by Crippen LogP contribution is 2.30. The fourth-order valence-electron chi connectivity index (χ4n) is 6.43. The van der Waals surface area contributed by atoms with Gasteiger partial charge in [0.15, 0.2) is 6.23 Å². The fraction of sp³-hybridized carbons (Fsp3) is 0.923. The second-order valence-corrected chi connectivity index (χ2v) is 10.8. The zero-order chi connectivity index (χ0) is 23.9. The number of amides is 1. The molecule has 194 valence electrons. The molecule has 2 atom stereocenters. The van der Waals surface area contributed by atoms with Crippen molar-refractivity contribution in [2.24, 2.45) is 5.92 Å². The molecule has 3 aliphatic heterocycles. The molecule has 2 unspecified atom stereocenters. The first kappa shape index (κ1) is 25.7. The van der Waals surface area contributed by atoms with Gasteiger partial charge in [-0.25, -0.2) is 4.79 Å². The van der Waals surface area contributed by atoms with Gasteiger partial charge in [0.05, 0.1) is 13.2 Å². The summed E-state index contributed by atoms with van der Waals surface area (Å²) in [5.41, 5.74) is 0. The highest BCUT2D eigenvalue weighted by molar-refractivity contribution is 5.70. The molecule has 34 heavy (non-hydrogen) atoms. The van der Waals surface area contributed by atoms with Crippen molar-refractivity contribution in [1.29, 1.82) is 0 Å². The Labute approximate surface area is 205 Å². The molecule has 0 bridgehead atoms. The molecule has 1 saturated carbocycles. The smallest absolute Gasteiger partial charge is 0.411 e. The summed E-state index contributed by atoms with van der Waals surface area (Å²) in [6, 6.07) is 0.929. The minimum absolute atomic E-state index is 0.0979. The first-order chi connectivity index (χ1) is 16.5. The van der Waals surface area contributed by atoms with Gasteiger partial charge in [-0.15, -0.1) is 0 Å². The number of likely N-dealkylation sites (tertiary alicyclic amines) is 1. The molecule has 8 nitrogen and oxygen atoms in total. The summed E-state index contributed by atoms with van der Waals surface area (Å²) in [5.74, 6) is 0.590. The second kappa shape index (κ2) is 12.5. The van der Waals surface area contributed by atoms with Gasteiger partial charge in [-0.2, -0.15) is 0 Å². The number of hydrogen-bond acceptors (Lipinski definition) is 7. The standard InChI is InChI=1S/C26H46N4O4/c1-21-25(29-19-17-27(18-20-29)13-6-9-24(31)33-2)34-26(32)30(21)16-12-22-10-14-28(15-11-22)23-7-4-3-5-8-23/h21-23,25H,3-20H2,1-2H3. The van der Waals surface area contributed by atoms with E-state index >= 15 is 0 Å². The first-order valence-corrected chi connectivity index (χ1v) is 13.8. The molecular weight excluding hydrogens is 432 g/mol. The van der Waals surface area contributed by atoms with Crippen molar-refractivity contribution >= 4 is 12.1 Å². The van der Waals surface area contributed by atoms with E-state index in [1.807, 2.05) is 4.90 Å². The number of carbonyl (C=O) groups excluding carboxylic acids is 2. The van der Waals surface area contributed by atoms with Gasteiger partial charge < -0.3 is 24.2 Å². The maximum atomic E-state index is 12.7. The predicted octanol–water partition coefficient (Wildman–Crippen LogP) is 3.16. The van der Waals surface area contributed by atoms with Crippen molar-refractivity contribution in [2.45, 2.75) is 89.4 Å². The third kappa shape index (κ3) is 6.64. The zero-order valence-electron chi connectivity index (χ0n) is 21.5. The van der Waals surface area contributed by atoms with Gasteiger partial charge in [0.2, 0.25) is 0 Å². The number of piperazine rings is 1. The molecule has 8 heteroatoms. The molecule has 0 radical (unpaired) electrons. The molecule has 0 N–H and O–H groups in total. The molecule has 4 rings (SSSR count). The molecule has 1 amide bonds. The van der Waals surface area contributed by atoms with E-state index in [9.17, 15) is 9.59 Å². The molecular formula is C26H46N4O4. The van der Waals surface area contributed by atoms with Crippen molar-refractivity contribution < 1.29 is 19.1 Å². The summed E-state index contributed by atoms with van der Waals surface area (Å²) in [4.78, 5) is 33.4. The third-order valence-corrected chi connectivity index (χ3v) is 8.73. The van der Waals surface area contributed by atoms with Gasteiger partial charge in [-0.05, 0) is 71.0 Å². The van der Waals surface area contributed by atoms with Crippen molar-refractivity contribution in [2.75, 3.05) is 59.5 Å². The van der Waals surface area contributed by atoms with Crippen LogP contribution in [0.4, 0.5) is 4.79 Å². The SMILES string of the molecule is COC(=O)CCCN1CCN(C2OC(=O)N(CCC3CCN(C4CCCCC4)CC3)C2C)CC1. The lowest BCUT2D eigenvalue weighted by molar-refractivity contribution is -0.140. The van der Waals surface area contributed by atoms with E-state index in [2.05, 4.69) is 21.6 Å². The number of rotatable bonds is 9. The van der Waals surface area contributed by atoms with E-state index in [0.717, 1.165) is 64.1 Å². The second-order valence-electron chi connectivity index (χ2n) is 10.8. The van der Waals surface area contributed by atoms with Gasteiger partial charge >= 0.3 is 12.1 Å². The Morgan fingerprint density at radius 3 is 2.32 bits per heavy atom. The number of piperidine rings is 1. The minimum Gasteiger partial charge on any atom is -0.469 e. The molecule has 0 spiro atoms. The summed E-state index contributed by atoms with van der Waals surface area (Å²) in [5, 5.41) is 0. The van der Waals surface area contributed by atoms with Crippen LogP contribution in [0.2, 0.25) is 0 Å². The van der Waals surface area contributed by atoms with Crippen LogP contribution in [0.15, 0.2) is 0 Å². The number of nitrogens with zero attached hydrogens (tertiary/aromatic N) is 4. The van der Waals surface area contributed by atoms with Crippen molar-refractivity contribution in [3.05, 3.63) is 0 Å². The van der Waals surface area contributed by atoms with E-state index in [4.69, 9.17) is 9.47 Å². The third-order valence-electron chi connectivity index (χ3n) is 8.73. The van der Waals surface area contributed by atoms with Crippen LogP contribution in [0.5, 0.6) is 0 Å². The fourth-order valence-corrected chi connectivity index (χ4v) is 6.43. The zero-order valence-corrected chi connectivity index (χ0v) is 21.5. The molecule has 4 fully saturated rings. The first-order valence-electron chi connectivity index (χ1n) is 13.8. The van der Waals surface area contributed by atoms with Crippen LogP contribution in [-0.2, 0) is 14.3 Å². The highest BCUT2D eigenvalue weighted by atomic mass is 16.6. The Balaban J connectivity index is 1.15. The number of ether oxygens (including phenoxy) is 2. The number of esters is 1. The quantitative estimate of drug-likeness (QED) is 0.472. The monoisotopic (exact) mass is 478 g/mol. The Morgan fingerprint density at radius 1 is 0.941 bits per heavy atom. The van der Waals surface area contributed by atoms with Crippen molar-refractivity contribution in [3.63, 3.8) is 0 Å². The lowest BCUT2D eigenvalue weighted by Gasteiger charge is -2.40. The Kier molecular flexibility index (Phi) is 9.48. The summed E-state index contributed by atoms with van der Waals surface area (Å²) < 4.78 is 10.6. The molecule has 0 aromatic heterocycles. The highest BCUT2D eigenvalue weighted by Gasteiger charge is 2.42. The lowest BCUT2D eigenvalue weighted by atomic mass is 9.89. The summed E-state index contributed by atoms with van der Waals surface area (Å²) in [6.45, 7) is 10.0. The largest absolute Gasteiger partial charge is 0.469 e. The average Bonchev–Trinajstić information content (AvgIpc) is 3.16. The molecule has 4 aliphatic rings. The van der Waals surface area contributed by atoms with Crippen LogP contribution in [0.1, 0.15) is 71.1 Å². The van der Waals surface area contributed by atoms with Crippen LogP contribution >= 0.6 is 0 Å². The molecule has 1 aliphatic carbocycles. The Hall–Kier alpha value is -1.38. The van der Waals surface area contributed by atoms with E-state index in [-0.39, 0.29) is 24.3 Å². The van der Waals surface area contributed by atoms with Crippen LogP contribution in [0, 0.1) is 5.92 Å². The maximum Gasteiger partial charge on any atom is 0.411 e. The maximum absolute atomic E-state index is 12.7. The summed E-state index contributed by atoms with van der Waals surface area (Å²) in [6.07, 6.45) is 11.7. The summed E-state index contributed by atoms with van der Waals surface area (Å²) >= 11 is 0. The molecule has 0 aromatic rings.